The third-order valence-corrected chi connectivity index (χ3v) is 2.77. The fourth-order valence-corrected chi connectivity index (χ4v) is 1.81. The van der Waals surface area contributed by atoms with E-state index in [2.05, 4.69) is 9.97 Å². The van der Waals surface area contributed by atoms with Crippen LogP contribution in [0.2, 0.25) is 0 Å². The Morgan fingerprint density at radius 1 is 1.20 bits per heavy atom. The van der Waals surface area contributed by atoms with Gasteiger partial charge in [0.05, 0.1) is 6.54 Å². The van der Waals surface area contributed by atoms with Crippen molar-refractivity contribution in [2.45, 2.75) is 6.42 Å². The molecular formula is C14H15FN4O. The van der Waals surface area contributed by atoms with E-state index in [1.54, 1.807) is 35.5 Å². The summed E-state index contributed by atoms with van der Waals surface area (Å²) in [5.41, 5.74) is 6.20. The van der Waals surface area contributed by atoms with Crippen molar-refractivity contribution >= 4 is 11.9 Å². The zero-order valence-electron chi connectivity index (χ0n) is 10.9. The third kappa shape index (κ3) is 4.01. The number of nitrogens with two attached hydrogens (primary N) is 1. The summed E-state index contributed by atoms with van der Waals surface area (Å²) in [6.45, 7) is 0.573. The normalized spacial score (nSPS) is 10.2. The second kappa shape index (κ2) is 6.60. The Balaban J connectivity index is 2.04. The van der Waals surface area contributed by atoms with Gasteiger partial charge in [-0.05, 0) is 30.2 Å². The Bertz CT molecular complexity index is 559. The molecule has 0 aliphatic heterocycles. The van der Waals surface area contributed by atoms with Crippen LogP contribution >= 0.6 is 0 Å². The van der Waals surface area contributed by atoms with E-state index in [0.29, 0.717) is 18.9 Å². The number of anilines is 1. The number of benzene rings is 1. The van der Waals surface area contributed by atoms with Crippen molar-refractivity contribution in [1.29, 1.82) is 0 Å². The van der Waals surface area contributed by atoms with Gasteiger partial charge in [0.1, 0.15) is 5.82 Å². The van der Waals surface area contributed by atoms with E-state index >= 15 is 0 Å². The van der Waals surface area contributed by atoms with Crippen molar-refractivity contribution in [3.63, 3.8) is 0 Å². The minimum Gasteiger partial charge on any atom is -0.368 e. The summed E-state index contributed by atoms with van der Waals surface area (Å²) < 4.78 is 12.8. The molecule has 0 radical (unpaired) electrons. The summed E-state index contributed by atoms with van der Waals surface area (Å²) in [5, 5.41) is 0. The maximum atomic E-state index is 12.8. The molecule has 0 spiro atoms. The number of rotatable bonds is 6. The maximum absolute atomic E-state index is 12.8. The summed E-state index contributed by atoms with van der Waals surface area (Å²) in [6.07, 6.45) is 3.86. The number of carbonyl (C=O) groups is 1. The quantitative estimate of drug-likeness (QED) is 0.857. The van der Waals surface area contributed by atoms with E-state index < -0.39 is 5.91 Å². The second-order valence-electron chi connectivity index (χ2n) is 4.31. The predicted octanol–water partition coefficient (Wildman–Crippen LogP) is 1.15. The van der Waals surface area contributed by atoms with Crippen LogP contribution in [-0.4, -0.2) is 29.0 Å². The van der Waals surface area contributed by atoms with Gasteiger partial charge in [0.2, 0.25) is 11.9 Å². The molecule has 6 heteroatoms. The van der Waals surface area contributed by atoms with Gasteiger partial charge in [-0.3, -0.25) is 4.79 Å². The van der Waals surface area contributed by atoms with Crippen LogP contribution in [0.15, 0.2) is 42.7 Å². The van der Waals surface area contributed by atoms with Crippen molar-refractivity contribution in [2.24, 2.45) is 5.73 Å². The van der Waals surface area contributed by atoms with Crippen LogP contribution < -0.4 is 10.6 Å². The summed E-state index contributed by atoms with van der Waals surface area (Å²) in [6, 6.07) is 7.94. The Hall–Kier alpha value is -2.50. The molecule has 1 aromatic carbocycles. The largest absolute Gasteiger partial charge is 0.368 e. The minimum absolute atomic E-state index is 0.0468. The average molecular weight is 274 g/mol. The SMILES string of the molecule is NC(=O)CN(CCc1ccc(F)cc1)c1ncccn1. The first-order valence-corrected chi connectivity index (χ1v) is 6.20. The number of nitrogens with zero attached hydrogens (tertiary/aromatic N) is 3. The highest BCUT2D eigenvalue weighted by Gasteiger charge is 2.11. The monoisotopic (exact) mass is 274 g/mol. The van der Waals surface area contributed by atoms with Crippen molar-refractivity contribution in [2.75, 3.05) is 18.0 Å². The van der Waals surface area contributed by atoms with Gasteiger partial charge in [0.15, 0.2) is 0 Å². The van der Waals surface area contributed by atoms with Crippen LogP contribution in [0.1, 0.15) is 5.56 Å². The van der Waals surface area contributed by atoms with E-state index in [1.807, 2.05) is 0 Å². The van der Waals surface area contributed by atoms with Crippen molar-refractivity contribution in [3.8, 4) is 0 Å². The van der Waals surface area contributed by atoms with Gasteiger partial charge in [0, 0.05) is 18.9 Å². The first-order chi connectivity index (χ1) is 9.65. The molecule has 0 saturated carbocycles. The number of aromatic nitrogens is 2. The fourth-order valence-electron chi connectivity index (χ4n) is 1.81. The van der Waals surface area contributed by atoms with Gasteiger partial charge in [-0.15, -0.1) is 0 Å². The molecule has 2 rings (SSSR count). The molecule has 0 bridgehead atoms. The number of hydrogen-bond acceptors (Lipinski definition) is 4. The van der Waals surface area contributed by atoms with Gasteiger partial charge in [0.25, 0.3) is 0 Å². The molecule has 20 heavy (non-hydrogen) atoms. The molecule has 1 heterocycles. The Kier molecular flexibility index (Phi) is 4.60. The first-order valence-electron chi connectivity index (χ1n) is 6.20. The lowest BCUT2D eigenvalue weighted by Crippen LogP contribution is -2.36. The van der Waals surface area contributed by atoms with E-state index in [-0.39, 0.29) is 12.4 Å². The standard InChI is InChI=1S/C14H15FN4O/c15-12-4-2-11(3-5-12)6-9-19(10-13(16)20)14-17-7-1-8-18-14/h1-5,7-8H,6,9-10H2,(H2,16,20). The van der Waals surface area contributed by atoms with E-state index in [9.17, 15) is 9.18 Å². The molecule has 0 unspecified atom stereocenters. The molecule has 2 aromatic rings. The number of primary amides is 1. The number of amides is 1. The molecule has 104 valence electrons. The molecular weight excluding hydrogens is 259 g/mol. The van der Waals surface area contributed by atoms with Crippen molar-refractivity contribution < 1.29 is 9.18 Å². The molecule has 1 aromatic heterocycles. The van der Waals surface area contributed by atoms with Gasteiger partial charge in [-0.2, -0.15) is 0 Å². The van der Waals surface area contributed by atoms with Crippen LogP contribution in [-0.2, 0) is 11.2 Å². The highest BCUT2D eigenvalue weighted by atomic mass is 19.1. The van der Waals surface area contributed by atoms with Crippen LogP contribution in [0.4, 0.5) is 10.3 Å². The molecule has 0 atom stereocenters. The summed E-state index contributed by atoms with van der Waals surface area (Å²) in [5.74, 6) is -0.265. The zero-order chi connectivity index (χ0) is 14.4. The highest BCUT2D eigenvalue weighted by molar-refractivity contribution is 5.78. The zero-order valence-corrected chi connectivity index (χ0v) is 10.9. The van der Waals surface area contributed by atoms with Gasteiger partial charge in [-0.25, -0.2) is 14.4 Å². The minimum atomic E-state index is -0.448. The van der Waals surface area contributed by atoms with Gasteiger partial charge >= 0.3 is 0 Å². The maximum Gasteiger partial charge on any atom is 0.237 e. The van der Waals surface area contributed by atoms with E-state index in [4.69, 9.17) is 5.73 Å². The molecule has 0 fully saturated rings. The molecule has 0 aliphatic carbocycles. The van der Waals surface area contributed by atoms with Crippen molar-refractivity contribution in [1.82, 2.24) is 9.97 Å². The Labute approximate surface area is 116 Å². The van der Waals surface area contributed by atoms with Gasteiger partial charge < -0.3 is 10.6 Å². The average Bonchev–Trinajstić information content (AvgIpc) is 2.46. The second-order valence-corrected chi connectivity index (χ2v) is 4.31. The molecule has 0 saturated heterocycles. The Morgan fingerprint density at radius 3 is 2.45 bits per heavy atom. The lowest BCUT2D eigenvalue weighted by Gasteiger charge is -2.20. The smallest absolute Gasteiger partial charge is 0.237 e. The topological polar surface area (TPSA) is 72.1 Å². The highest BCUT2D eigenvalue weighted by Crippen LogP contribution is 2.08. The summed E-state index contributed by atoms with van der Waals surface area (Å²) >= 11 is 0. The van der Waals surface area contributed by atoms with Crippen molar-refractivity contribution in [3.05, 3.63) is 54.1 Å². The molecule has 1 amide bonds. The molecule has 5 nitrogen and oxygen atoms in total. The van der Waals surface area contributed by atoms with Crippen LogP contribution in [0.3, 0.4) is 0 Å². The van der Waals surface area contributed by atoms with Crippen LogP contribution in [0.25, 0.3) is 0 Å². The van der Waals surface area contributed by atoms with Crippen LogP contribution in [0.5, 0.6) is 0 Å². The van der Waals surface area contributed by atoms with Gasteiger partial charge in [-0.1, -0.05) is 12.1 Å². The lowest BCUT2D eigenvalue weighted by molar-refractivity contribution is -0.116. The predicted molar refractivity (Wildman–Crippen MR) is 73.5 cm³/mol. The summed E-state index contributed by atoms with van der Waals surface area (Å²) in [4.78, 5) is 21.0. The molecule has 0 aliphatic rings. The lowest BCUT2D eigenvalue weighted by atomic mass is 10.1. The van der Waals surface area contributed by atoms with E-state index in [1.165, 1.54) is 12.1 Å². The molecule has 2 N–H and O–H groups in total. The third-order valence-electron chi connectivity index (χ3n) is 2.77. The number of carbonyl (C=O) groups excluding carboxylic acids is 1. The fraction of sp³-hybridized carbons (Fsp3) is 0.214. The Morgan fingerprint density at radius 2 is 1.85 bits per heavy atom. The van der Waals surface area contributed by atoms with Crippen LogP contribution in [0, 0.1) is 5.82 Å². The number of halogens is 1. The first kappa shape index (κ1) is 13.9. The van der Waals surface area contributed by atoms with E-state index in [0.717, 1.165) is 5.56 Å². The number of hydrogen-bond donors (Lipinski definition) is 1. The summed E-state index contributed by atoms with van der Waals surface area (Å²) in [7, 11) is 0.